The van der Waals surface area contributed by atoms with Gasteiger partial charge in [-0.2, -0.15) is 0 Å². The van der Waals surface area contributed by atoms with Crippen molar-refractivity contribution in [2.24, 2.45) is 0 Å². The molecule has 0 bridgehead atoms. The van der Waals surface area contributed by atoms with E-state index in [4.69, 9.17) is 11.6 Å². The highest BCUT2D eigenvalue weighted by molar-refractivity contribution is 6.30. The van der Waals surface area contributed by atoms with Gasteiger partial charge in [0.15, 0.2) is 0 Å². The molecule has 0 aliphatic carbocycles. The molecule has 32 heavy (non-hydrogen) atoms. The maximum atomic E-state index is 13.0. The van der Waals surface area contributed by atoms with Gasteiger partial charge in [-0.25, -0.2) is 0 Å². The van der Waals surface area contributed by atoms with E-state index in [0.717, 1.165) is 35.5 Å². The summed E-state index contributed by atoms with van der Waals surface area (Å²) < 4.78 is 0. The number of H-pyrrole nitrogens is 1. The molecule has 1 atom stereocenters. The number of pyridine rings is 1. The van der Waals surface area contributed by atoms with Gasteiger partial charge >= 0.3 is 0 Å². The van der Waals surface area contributed by atoms with Crippen LogP contribution in [0, 0.1) is 0 Å². The molecule has 2 aromatic carbocycles. The van der Waals surface area contributed by atoms with Crippen molar-refractivity contribution in [3.8, 4) is 0 Å². The molecule has 3 rings (SSSR count). The lowest BCUT2D eigenvalue weighted by atomic mass is 9.98. The van der Waals surface area contributed by atoms with Crippen LogP contribution in [0.25, 0.3) is 0 Å². The summed E-state index contributed by atoms with van der Waals surface area (Å²) in [6, 6.07) is 19.9. The van der Waals surface area contributed by atoms with Crippen molar-refractivity contribution in [2.75, 3.05) is 13.1 Å². The van der Waals surface area contributed by atoms with E-state index in [-0.39, 0.29) is 5.56 Å². The smallest absolute Gasteiger partial charge is 0.261 e. The third-order valence-corrected chi connectivity index (χ3v) is 5.41. The molecule has 0 aliphatic rings. The summed E-state index contributed by atoms with van der Waals surface area (Å²) in [5.74, 6) is -0.434. The monoisotopic (exact) mass is 449 g/mol. The molecule has 0 aliphatic heterocycles. The van der Waals surface area contributed by atoms with E-state index in [0.29, 0.717) is 11.6 Å². The first kappa shape index (κ1) is 23.5. The van der Waals surface area contributed by atoms with Crippen molar-refractivity contribution in [1.29, 1.82) is 0 Å². The number of nitrogens with zero attached hydrogens (tertiary/aromatic N) is 1. The Hall–Kier alpha value is -3.15. The van der Waals surface area contributed by atoms with Crippen molar-refractivity contribution in [3.63, 3.8) is 0 Å². The molecular weight excluding hydrogens is 422 g/mol. The Morgan fingerprint density at radius 3 is 2.31 bits per heavy atom. The lowest BCUT2D eigenvalue weighted by molar-refractivity contribution is 0.0941. The van der Waals surface area contributed by atoms with Crippen LogP contribution in [0.3, 0.4) is 0 Å². The Morgan fingerprint density at radius 1 is 1.06 bits per heavy atom. The van der Waals surface area contributed by atoms with Crippen LogP contribution < -0.4 is 10.9 Å². The third kappa shape index (κ3) is 6.19. The van der Waals surface area contributed by atoms with Gasteiger partial charge < -0.3 is 10.3 Å². The predicted molar refractivity (Wildman–Crippen MR) is 130 cm³/mol. The molecule has 0 fully saturated rings. The van der Waals surface area contributed by atoms with Gasteiger partial charge in [-0.05, 0) is 48.9 Å². The summed E-state index contributed by atoms with van der Waals surface area (Å²) in [6.45, 7) is 10.1. The minimum Gasteiger partial charge on any atom is -0.341 e. The lowest BCUT2D eigenvalue weighted by Crippen LogP contribution is -2.34. The summed E-state index contributed by atoms with van der Waals surface area (Å²) in [6.07, 6.45) is 0. The SMILES string of the molecule is C=C(C)CN(CC)Cc1ccc(C(=O)NC(c2ccccc2)c2ccc(Cl)cc2)c(=O)[nH]1. The van der Waals surface area contributed by atoms with Crippen LogP contribution in [0.5, 0.6) is 0 Å². The zero-order valence-electron chi connectivity index (χ0n) is 18.4. The lowest BCUT2D eigenvalue weighted by Gasteiger charge is -2.21. The topological polar surface area (TPSA) is 65.2 Å². The molecule has 0 saturated heterocycles. The molecule has 1 unspecified atom stereocenters. The number of amides is 1. The molecular formula is C26H28ClN3O2. The molecule has 0 saturated carbocycles. The summed E-state index contributed by atoms with van der Waals surface area (Å²) >= 11 is 6.03. The minimum atomic E-state index is -0.434. The highest BCUT2D eigenvalue weighted by Gasteiger charge is 2.20. The quantitative estimate of drug-likeness (QED) is 0.454. The molecule has 1 aromatic heterocycles. The van der Waals surface area contributed by atoms with Crippen molar-refractivity contribution >= 4 is 17.5 Å². The van der Waals surface area contributed by atoms with Crippen LogP contribution in [0.1, 0.15) is 47.1 Å². The Balaban J connectivity index is 1.82. The number of rotatable bonds is 9. The number of nitrogens with one attached hydrogen (secondary N) is 2. The molecule has 2 N–H and O–H groups in total. The van der Waals surface area contributed by atoms with E-state index in [1.165, 1.54) is 0 Å². The average molecular weight is 450 g/mol. The van der Waals surface area contributed by atoms with Crippen LogP contribution >= 0.6 is 11.6 Å². The van der Waals surface area contributed by atoms with Crippen molar-refractivity contribution in [2.45, 2.75) is 26.4 Å². The number of aromatic amines is 1. The van der Waals surface area contributed by atoms with Crippen molar-refractivity contribution < 1.29 is 4.79 Å². The van der Waals surface area contributed by atoms with Crippen LogP contribution in [0.2, 0.25) is 5.02 Å². The number of likely N-dealkylation sites (N-methyl/N-ethyl adjacent to an activating group) is 1. The molecule has 1 amide bonds. The van der Waals surface area contributed by atoms with E-state index >= 15 is 0 Å². The zero-order chi connectivity index (χ0) is 23.1. The summed E-state index contributed by atoms with van der Waals surface area (Å²) in [4.78, 5) is 30.8. The van der Waals surface area contributed by atoms with E-state index in [2.05, 4.69) is 28.7 Å². The highest BCUT2D eigenvalue weighted by Crippen LogP contribution is 2.24. The number of hydrogen-bond acceptors (Lipinski definition) is 3. The second-order valence-electron chi connectivity index (χ2n) is 7.86. The molecule has 166 valence electrons. The van der Waals surface area contributed by atoms with Gasteiger partial charge in [-0.3, -0.25) is 14.5 Å². The van der Waals surface area contributed by atoms with Gasteiger partial charge in [0.05, 0.1) is 6.04 Å². The van der Waals surface area contributed by atoms with Crippen molar-refractivity contribution in [1.82, 2.24) is 15.2 Å². The Labute approximate surface area is 193 Å². The fourth-order valence-electron chi connectivity index (χ4n) is 3.56. The number of hydrogen-bond donors (Lipinski definition) is 2. The molecule has 0 spiro atoms. The van der Waals surface area contributed by atoms with Gasteiger partial charge in [0.1, 0.15) is 5.56 Å². The number of halogens is 1. The first-order valence-electron chi connectivity index (χ1n) is 10.6. The van der Waals surface area contributed by atoms with Gasteiger partial charge in [-0.1, -0.05) is 73.1 Å². The average Bonchev–Trinajstić information content (AvgIpc) is 2.78. The fourth-order valence-corrected chi connectivity index (χ4v) is 3.68. The first-order valence-corrected chi connectivity index (χ1v) is 11.0. The number of carbonyl (C=O) groups is 1. The summed E-state index contributed by atoms with van der Waals surface area (Å²) in [5, 5.41) is 3.62. The van der Waals surface area contributed by atoms with Gasteiger partial charge in [-0.15, -0.1) is 0 Å². The van der Waals surface area contributed by atoms with Gasteiger partial charge in [0.2, 0.25) is 0 Å². The maximum absolute atomic E-state index is 13.0. The second kappa shape index (κ2) is 10.9. The largest absolute Gasteiger partial charge is 0.341 e. The number of carbonyl (C=O) groups excluding carboxylic acids is 1. The molecule has 6 heteroatoms. The normalized spacial score (nSPS) is 11.9. The van der Waals surface area contributed by atoms with Gasteiger partial charge in [0.25, 0.3) is 11.5 Å². The Morgan fingerprint density at radius 2 is 1.72 bits per heavy atom. The highest BCUT2D eigenvalue weighted by atomic mass is 35.5. The Bertz CT molecular complexity index is 1120. The number of aromatic nitrogens is 1. The molecule has 1 heterocycles. The van der Waals surface area contributed by atoms with Crippen LogP contribution in [-0.4, -0.2) is 28.9 Å². The zero-order valence-corrected chi connectivity index (χ0v) is 19.2. The van der Waals surface area contributed by atoms with E-state index in [1.54, 1.807) is 24.3 Å². The Kier molecular flexibility index (Phi) is 8.03. The van der Waals surface area contributed by atoms with Crippen LogP contribution in [-0.2, 0) is 6.54 Å². The van der Waals surface area contributed by atoms with E-state index < -0.39 is 17.5 Å². The second-order valence-corrected chi connectivity index (χ2v) is 8.29. The summed E-state index contributed by atoms with van der Waals surface area (Å²) in [5.41, 5.74) is 3.27. The first-order chi connectivity index (χ1) is 15.4. The van der Waals surface area contributed by atoms with Crippen LogP contribution in [0.4, 0.5) is 0 Å². The van der Waals surface area contributed by atoms with Gasteiger partial charge in [0, 0.05) is 23.8 Å². The predicted octanol–water partition coefficient (Wildman–Crippen LogP) is 4.95. The fraction of sp³-hybridized carbons (Fsp3) is 0.231. The number of benzene rings is 2. The minimum absolute atomic E-state index is 0.0756. The molecule has 0 radical (unpaired) electrons. The van der Waals surface area contributed by atoms with Crippen molar-refractivity contribution in [3.05, 3.63) is 117 Å². The molecule has 3 aromatic rings. The maximum Gasteiger partial charge on any atom is 0.261 e. The van der Waals surface area contributed by atoms with Crippen LogP contribution in [0.15, 0.2) is 83.7 Å². The molecule has 5 nitrogen and oxygen atoms in total. The third-order valence-electron chi connectivity index (χ3n) is 5.16. The summed E-state index contributed by atoms with van der Waals surface area (Å²) in [7, 11) is 0. The standard InChI is InChI=1S/C26H28ClN3O2/c1-4-30(16-18(2)3)17-22-14-15-23(25(31)28-22)26(32)29-24(19-8-6-5-7-9-19)20-10-12-21(27)13-11-20/h5-15,24H,2,4,16-17H2,1,3H3,(H,28,31)(H,29,32). The van der Waals surface area contributed by atoms with E-state index in [9.17, 15) is 9.59 Å². The van der Waals surface area contributed by atoms with E-state index in [1.807, 2.05) is 49.4 Å².